The molecule has 24 heavy (non-hydrogen) atoms. The van der Waals surface area contributed by atoms with Gasteiger partial charge in [-0.25, -0.2) is 18.9 Å². The number of hydrogen-bond donors (Lipinski definition) is 1. The third kappa shape index (κ3) is 3.42. The molecular weight excluding hydrogens is 308 g/mol. The van der Waals surface area contributed by atoms with E-state index in [0.29, 0.717) is 5.65 Å². The van der Waals surface area contributed by atoms with Crippen LogP contribution in [0.4, 0.5) is 5.82 Å². The summed E-state index contributed by atoms with van der Waals surface area (Å²) in [5.41, 5.74) is 0.198. The van der Waals surface area contributed by atoms with E-state index in [9.17, 15) is 9.59 Å². The van der Waals surface area contributed by atoms with Crippen molar-refractivity contribution in [2.75, 3.05) is 18.0 Å². The number of nitrogens with one attached hydrogen (secondary N) is 1. The Bertz CT molecular complexity index is 770. The van der Waals surface area contributed by atoms with Crippen molar-refractivity contribution < 1.29 is 4.79 Å². The van der Waals surface area contributed by atoms with E-state index in [1.54, 1.807) is 12.4 Å². The predicted octanol–water partition coefficient (Wildman–Crippen LogP) is 0.796. The zero-order valence-corrected chi connectivity index (χ0v) is 14.2. The van der Waals surface area contributed by atoms with Crippen LogP contribution >= 0.6 is 0 Å². The molecule has 3 rings (SSSR count). The Morgan fingerprint density at radius 3 is 2.62 bits per heavy atom. The van der Waals surface area contributed by atoms with Crippen molar-refractivity contribution in [2.45, 2.75) is 52.1 Å². The highest BCUT2D eigenvalue weighted by Crippen LogP contribution is 2.20. The first-order valence-corrected chi connectivity index (χ1v) is 8.55. The van der Waals surface area contributed by atoms with Crippen LogP contribution < -0.4 is 15.9 Å². The smallest absolute Gasteiger partial charge is 0.350 e. The molecule has 0 saturated carbocycles. The van der Waals surface area contributed by atoms with Crippen LogP contribution in [0.25, 0.3) is 5.65 Å². The van der Waals surface area contributed by atoms with Gasteiger partial charge in [-0.15, -0.1) is 5.10 Å². The lowest BCUT2D eigenvalue weighted by molar-refractivity contribution is -0.122. The van der Waals surface area contributed by atoms with E-state index in [-0.39, 0.29) is 24.2 Å². The van der Waals surface area contributed by atoms with Gasteiger partial charge in [0.05, 0.1) is 0 Å². The Kier molecular flexibility index (Phi) is 4.82. The molecule has 0 aromatic carbocycles. The summed E-state index contributed by atoms with van der Waals surface area (Å²) < 4.78 is 2.67. The Morgan fingerprint density at radius 2 is 1.96 bits per heavy atom. The van der Waals surface area contributed by atoms with E-state index in [2.05, 4.69) is 20.3 Å². The molecule has 0 unspecified atom stereocenters. The molecule has 1 fully saturated rings. The second-order valence-electron chi connectivity index (χ2n) is 6.51. The second kappa shape index (κ2) is 7.02. The maximum Gasteiger partial charge on any atom is 0.350 e. The topological polar surface area (TPSA) is 84.5 Å². The first kappa shape index (κ1) is 16.5. The molecule has 8 heteroatoms. The number of aromatic nitrogens is 4. The molecule has 3 heterocycles. The lowest BCUT2D eigenvalue weighted by atomic mass is 10.2. The van der Waals surface area contributed by atoms with Gasteiger partial charge in [0.2, 0.25) is 11.6 Å². The molecule has 2 aromatic rings. The Balaban J connectivity index is 1.93. The van der Waals surface area contributed by atoms with Crippen molar-refractivity contribution >= 4 is 17.4 Å². The summed E-state index contributed by atoms with van der Waals surface area (Å²) in [5.74, 6) is 0.499. The van der Waals surface area contributed by atoms with Crippen molar-refractivity contribution in [1.82, 2.24) is 24.5 Å². The molecule has 1 N–H and O–H groups in total. The molecule has 0 atom stereocenters. The summed E-state index contributed by atoms with van der Waals surface area (Å²) >= 11 is 0. The summed E-state index contributed by atoms with van der Waals surface area (Å²) in [5, 5.41) is 7.14. The highest BCUT2D eigenvalue weighted by molar-refractivity contribution is 5.76. The van der Waals surface area contributed by atoms with Crippen molar-refractivity contribution in [3.8, 4) is 0 Å². The number of carbonyl (C=O) groups excluding carboxylic acids is 1. The van der Waals surface area contributed by atoms with Crippen molar-refractivity contribution in [1.29, 1.82) is 0 Å². The number of rotatable bonds is 4. The van der Waals surface area contributed by atoms with Gasteiger partial charge in [0, 0.05) is 31.5 Å². The first-order valence-electron chi connectivity index (χ1n) is 8.55. The van der Waals surface area contributed by atoms with Crippen LogP contribution in [-0.2, 0) is 11.3 Å². The molecule has 0 bridgehead atoms. The summed E-state index contributed by atoms with van der Waals surface area (Å²) in [6.07, 6.45) is 7.89. The average molecular weight is 332 g/mol. The standard InChI is InChI=1S/C16H24N6O2/c1-12(2)18-13(23)11-22-16(24)21-10-7-17-14(15(21)19-22)20-8-5-3-4-6-9-20/h7,10,12H,3-6,8-9,11H2,1-2H3,(H,18,23). The van der Waals surface area contributed by atoms with E-state index >= 15 is 0 Å². The van der Waals surface area contributed by atoms with Crippen LogP contribution in [0.5, 0.6) is 0 Å². The summed E-state index contributed by atoms with van der Waals surface area (Å²) in [6, 6.07) is 0.0274. The maximum absolute atomic E-state index is 12.5. The van der Waals surface area contributed by atoms with Gasteiger partial charge in [0.1, 0.15) is 6.54 Å². The fourth-order valence-electron chi connectivity index (χ4n) is 3.05. The van der Waals surface area contributed by atoms with Gasteiger partial charge in [0.15, 0.2) is 5.82 Å². The van der Waals surface area contributed by atoms with Gasteiger partial charge in [-0.3, -0.25) is 4.79 Å². The van der Waals surface area contributed by atoms with E-state index in [1.807, 2.05) is 13.8 Å². The van der Waals surface area contributed by atoms with E-state index in [4.69, 9.17) is 0 Å². The Hall–Kier alpha value is -2.38. The highest BCUT2D eigenvalue weighted by atomic mass is 16.2. The lowest BCUT2D eigenvalue weighted by Gasteiger charge is -2.21. The first-order chi connectivity index (χ1) is 11.6. The van der Waals surface area contributed by atoms with Gasteiger partial charge in [-0.2, -0.15) is 0 Å². The van der Waals surface area contributed by atoms with E-state index < -0.39 is 0 Å². The minimum absolute atomic E-state index is 0.0274. The van der Waals surface area contributed by atoms with Gasteiger partial charge >= 0.3 is 5.69 Å². The fraction of sp³-hybridized carbons (Fsp3) is 0.625. The molecule has 130 valence electrons. The van der Waals surface area contributed by atoms with Crippen LogP contribution in [0, 0.1) is 0 Å². The van der Waals surface area contributed by atoms with Crippen LogP contribution in [0.15, 0.2) is 17.2 Å². The average Bonchev–Trinajstić information content (AvgIpc) is 2.73. The fourth-order valence-corrected chi connectivity index (χ4v) is 3.05. The number of carbonyl (C=O) groups is 1. The summed E-state index contributed by atoms with van der Waals surface area (Å²) in [6.45, 7) is 5.51. The second-order valence-corrected chi connectivity index (χ2v) is 6.51. The molecular formula is C16H24N6O2. The summed E-state index contributed by atoms with van der Waals surface area (Å²) in [4.78, 5) is 31.1. The minimum Gasteiger partial charge on any atom is -0.353 e. The van der Waals surface area contributed by atoms with Crippen LogP contribution in [0.2, 0.25) is 0 Å². The molecule has 0 radical (unpaired) electrons. The van der Waals surface area contributed by atoms with Crippen molar-refractivity contribution in [2.24, 2.45) is 0 Å². The zero-order chi connectivity index (χ0) is 17.1. The summed E-state index contributed by atoms with van der Waals surface area (Å²) in [7, 11) is 0. The SMILES string of the molecule is CC(C)NC(=O)Cn1nc2c(N3CCCCCC3)nccn2c1=O. The molecule has 2 aromatic heterocycles. The number of amides is 1. The number of anilines is 1. The van der Waals surface area contributed by atoms with Gasteiger partial charge < -0.3 is 10.2 Å². The molecule has 1 saturated heterocycles. The molecule has 1 amide bonds. The number of hydrogen-bond acceptors (Lipinski definition) is 5. The van der Waals surface area contributed by atoms with Crippen LogP contribution in [0.3, 0.4) is 0 Å². The highest BCUT2D eigenvalue weighted by Gasteiger charge is 2.19. The Labute approximate surface area is 140 Å². The molecule has 0 aliphatic carbocycles. The van der Waals surface area contributed by atoms with Crippen LogP contribution in [0.1, 0.15) is 39.5 Å². The molecule has 8 nitrogen and oxygen atoms in total. The quantitative estimate of drug-likeness (QED) is 0.895. The molecule has 1 aliphatic rings. The largest absolute Gasteiger partial charge is 0.353 e. The lowest BCUT2D eigenvalue weighted by Crippen LogP contribution is -2.36. The third-order valence-electron chi connectivity index (χ3n) is 4.13. The van der Waals surface area contributed by atoms with Gasteiger partial charge in [-0.05, 0) is 26.7 Å². The monoisotopic (exact) mass is 332 g/mol. The normalized spacial score (nSPS) is 15.7. The minimum atomic E-state index is -0.317. The van der Waals surface area contributed by atoms with Gasteiger partial charge in [0.25, 0.3) is 0 Å². The Morgan fingerprint density at radius 1 is 1.25 bits per heavy atom. The third-order valence-corrected chi connectivity index (χ3v) is 4.13. The van der Waals surface area contributed by atoms with E-state index in [1.165, 1.54) is 21.9 Å². The van der Waals surface area contributed by atoms with Crippen LogP contribution in [-0.4, -0.2) is 44.2 Å². The van der Waals surface area contributed by atoms with E-state index in [0.717, 1.165) is 31.7 Å². The maximum atomic E-state index is 12.5. The molecule has 0 spiro atoms. The van der Waals surface area contributed by atoms with Crippen molar-refractivity contribution in [3.63, 3.8) is 0 Å². The number of fused-ring (bicyclic) bond motifs is 1. The van der Waals surface area contributed by atoms with Gasteiger partial charge in [-0.1, -0.05) is 12.8 Å². The number of nitrogens with zero attached hydrogens (tertiary/aromatic N) is 5. The predicted molar refractivity (Wildman–Crippen MR) is 91.2 cm³/mol. The van der Waals surface area contributed by atoms with Crippen molar-refractivity contribution in [3.05, 3.63) is 22.9 Å². The zero-order valence-electron chi connectivity index (χ0n) is 14.2. The molecule has 1 aliphatic heterocycles.